The number of nitrogens with zero attached hydrogens (tertiary/aromatic N) is 4. The van der Waals surface area contributed by atoms with Gasteiger partial charge in [0.15, 0.2) is 14.9 Å². The predicted octanol–water partition coefficient (Wildman–Crippen LogP) is 3.27. The van der Waals surface area contributed by atoms with Gasteiger partial charge in [0, 0.05) is 56.2 Å². The molecule has 0 bridgehead atoms. The molecular formula is C25H30N6O5S. The Hall–Kier alpha value is -3.77. The number of carbonyl (C=O) groups is 1. The lowest BCUT2D eigenvalue weighted by Gasteiger charge is -2.36. The van der Waals surface area contributed by atoms with E-state index in [-0.39, 0.29) is 40.5 Å². The average molecular weight is 530 g/mol. The summed E-state index contributed by atoms with van der Waals surface area (Å²) in [6.07, 6.45) is 4.37. The molecule has 0 spiro atoms. The Balaban J connectivity index is 1.73. The molecule has 0 saturated carbocycles. The second kappa shape index (κ2) is 10.7. The van der Waals surface area contributed by atoms with Crippen molar-refractivity contribution in [3.8, 4) is 17.0 Å². The molecule has 196 valence electrons. The zero-order valence-electron chi connectivity index (χ0n) is 23.8. The van der Waals surface area contributed by atoms with Crippen LogP contribution in [0.25, 0.3) is 11.3 Å². The van der Waals surface area contributed by atoms with Crippen molar-refractivity contribution < 1.29 is 26.8 Å². The first kappa shape index (κ1) is 22.4. The van der Waals surface area contributed by atoms with Crippen molar-refractivity contribution in [1.82, 2.24) is 15.0 Å². The molecule has 1 fully saturated rings. The second-order valence-electron chi connectivity index (χ2n) is 8.89. The van der Waals surface area contributed by atoms with Crippen LogP contribution in [0.2, 0.25) is 0 Å². The lowest BCUT2D eigenvalue weighted by Crippen LogP contribution is -2.45. The Bertz CT molecular complexity index is 1490. The number of sulfone groups is 1. The van der Waals surface area contributed by atoms with Crippen LogP contribution in [0.1, 0.15) is 24.9 Å². The summed E-state index contributed by atoms with van der Waals surface area (Å²) in [5.41, 5.74) is 2.37. The van der Waals surface area contributed by atoms with Gasteiger partial charge >= 0.3 is 0 Å². The van der Waals surface area contributed by atoms with Gasteiger partial charge in [0.25, 0.3) is 0 Å². The zero-order valence-corrected chi connectivity index (χ0v) is 21.7. The van der Waals surface area contributed by atoms with Crippen molar-refractivity contribution in [3.05, 3.63) is 42.7 Å². The highest BCUT2D eigenvalue weighted by atomic mass is 32.2. The van der Waals surface area contributed by atoms with Crippen molar-refractivity contribution in [1.29, 1.82) is 0 Å². The monoisotopic (exact) mass is 529 g/mol. The molecule has 4 rings (SSSR count). The van der Waals surface area contributed by atoms with Gasteiger partial charge in [-0.2, -0.15) is 0 Å². The highest BCUT2D eigenvalue weighted by molar-refractivity contribution is 7.90. The van der Waals surface area contributed by atoms with Gasteiger partial charge in [-0.3, -0.25) is 9.78 Å². The molecule has 0 aromatic carbocycles. The molecular weight excluding hydrogens is 496 g/mol. The summed E-state index contributed by atoms with van der Waals surface area (Å²) in [6.45, 7) is 6.84. The molecule has 12 heteroatoms. The van der Waals surface area contributed by atoms with Crippen LogP contribution < -0.4 is 20.3 Å². The van der Waals surface area contributed by atoms with E-state index in [1.54, 1.807) is 6.20 Å². The lowest BCUT2D eigenvalue weighted by atomic mass is 10.1. The van der Waals surface area contributed by atoms with E-state index in [2.05, 4.69) is 30.5 Å². The van der Waals surface area contributed by atoms with E-state index >= 15 is 0 Å². The number of anilines is 4. The predicted molar refractivity (Wildman–Crippen MR) is 141 cm³/mol. The molecule has 0 radical (unpaired) electrons. The minimum absolute atomic E-state index is 0.00341. The topological polar surface area (TPSA) is 136 Å². The summed E-state index contributed by atoms with van der Waals surface area (Å²) >= 11 is 0. The Kier molecular flexibility index (Phi) is 6.48. The number of pyridine rings is 3. The van der Waals surface area contributed by atoms with E-state index in [9.17, 15) is 13.2 Å². The summed E-state index contributed by atoms with van der Waals surface area (Å²) in [6, 6.07) is 7.60. The Morgan fingerprint density at radius 1 is 1.14 bits per heavy atom. The third-order valence-corrected chi connectivity index (χ3v) is 6.52. The zero-order chi connectivity index (χ0) is 29.2. The van der Waals surface area contributed by atoms with Crippen molar-refractivity contribution in [3.63, 3.8) is 0 Å². The third kappa shape index (κ3) is 6.52. The fourth-order valence-corrected chi connectivity index (χ4v) is 4.66. The highest BCUT2D eigenvalue weighted by Gasteiger charge is 2.23. The molecule has 1 aliphatic heterocycles. The summed E-state index contributed by atoms with van der Waals surface area (Å²) in [4.78, 5) is 26.9. The summed E-state index contributed by atoms with van der Waals surface area (Å²) in [5, 5.41) is 5.24. The Labute approximate surface area is 220 Å². The van der Waals surface area contributed by atoms with Crippen LogP contribution in [0.5, 0.6) is 5.75 Å². The van der Waals surface area contributed by atoms with Crippen molar-refractivity contribution >= 4 is 38.8 Å². The van der Waals surface area contributed by atoms with E-state index in [1.165, 1.54) is 25.3 Å². The standard InChI is InChI=1S/C25H30N6O5S/c1-15-13-31(14-16(2)36-15)18-6-7-21(26-11-18)20-12-27-23(28-17(3)32)10-22(20)29-24-8-19(35-4)9-25(30-24)37(5,33)34/h6-12,15-16H,13-14H2,1-5H3,(H2,27,28,29,30,32)/t15-,16+/i4D3. The minimum atomic E-state index is -3.82. The van der Waals surface area contributed by atoms with Gasteiger partial charge < -0.3 is 25.0 Å². The van der Waals surface area contributed by atoms with Crippen molar-refractivity contribution in [2.45, 2.75) is 38.0 Å². The maximum atomic E-state index is 12.3. The van der Waals surface area contributed by atoms with Crippen LogP contribution in [-0.4, -0.2) is 67.9 Å². The first-order chi connectivity index (χ1) is 18.7. The average Bonchev–Trinajstić information content (AvgIpc) is 2.82. The molecule has 2 N–H and O–H groups in total. The van der Waals surface area contributed by atoms with Crippen LogP contribution in [0, 0.1) is 0 Å². The summed E-state index contributed by atoms with van der Waals surface area (Å²) < 4.78 is 57.5. The van der Waals surface area contributed by atoms with Crippen LogP contribution in [0.15, 0.2) is 47.8 Å². The second-order valence-corrected chi connectivity index (χ2v) is 10.8. The normalized spacial score (nSPS) is 19.4. The minimum Gasteiger partial charge on any atom is -0.497 e. The largest absolute Gasteiger partial charge is 0.497 e. The van der Waals surface area contributed by atoms with E-state index < -0.39 is 16.9 Å². The highest BCUT2D eigenvalue weighted by Crippen LogP contribution is 2.32. The number of hydrogen-bond donors (Lipinski definition) is 2. The van der Waals surface area contributed by atoms with Gasteiger partial charge in [-0.15, -0.1) is 0 Å². The van der Waals surface area contributed by atoms with Crippen LogP contribution in [0.3, 0.4) is 0 Å². The molecule has 1 saturated heterocycles. The maximum absolute atomic E-state index is 12.3. The van der Waals surface area contributed by atoms with Gasteiger partial charge in [-0.25, -0.2) is 18.4 Å². The fourth-order valence-electron chi connectivity index (χ4n) is 4.07. The molecule has 1 aliphatic rings. The maximum Gasteiger partial charge on any atom is 0.222 e. The number of ether oxygens (including phenoxy) is 2. The quantitative estimate of drug-likeness (QED) is 0.469. The van der Waals surface area contributed by atoms with Gasteiger partial charge in [0.05, 0.1) is 46.6 Å². The molecule has 37 heavy (non-hydrogen) atoms. The van der Waals surface area contributed by atoms with Gasteiger partial charge in [-0.1, -0.05) is 0 Å². The van der Waals surface area contributed by atoms with E-state index in [1.807, 2.05) is 26.0 Å². The molecule has 3 aromatic rings. The smallest absolute Gasteiger partial charge is 0.222 e. The van der Waals surface area contributed by atoms with Crippen LogP contribution in [-0.2, 0) is 19.4 Å². The van der Waals surface area contributed by atoms with Crippen LogP contribution in [0.4, 0.5) is 23.0 Å². The van der Waals surface area contributed by atoms with Crippen molar-refractivity contribution in [2.24, 2.45) is 0 Å². The molecule has 4 heterocycles. The Morgan fingerprint density at radius 2 is 1.89 bits per heavy atom. The molecule has 3 aromatic heterocycles. The number of hydrogen-bond acceptors (Lipinski definition) is 10. The molecule has 0 aliphatic carbocycles. The fraction of sp³-hybridized carbons (Fsp3) is 0.360. The first-order valence-electron chi connectivity index (χ1n) is 13.0. The van der Waals surface area contributed by atoms with E-state index in [4.69, 9.17) is 13.6 Å². The molecule has 1 amide bonds. The lowest BCUT2D eigenvalue weighted by molar-refractivity contribution is -0.114. The number of nitrogens with one attached hydrogen (secondary N) is 2. The van der Waals surface area contributed by atoms with Gasteiger partial charge in [-0.05, 0) is 26.0 Å². The van der Waals surface area contributed by atoms with E-state index in [0.717, 1.165) is 31.1 Å². The number of amides is 1. The number of carbonyl (C=O) groups excluding carboxylic acids is 1. The summed E-state index contributed by atoms with van der Waals surface area (Å²) in [7, 11) is -6.63. The van der Waals surface area contributed by atoms with E-state index in [0.29, 0.717) is 16.9 Å². The molecule has 0 unspecified atom stereocenters. The van der Waals surface area contributed by atoms with Gasteiger partial charge in [0.1, 0.15) is 17.4 Å². The number of aromatic nitrogens is 3. The summed E-state index contributed by atoms with van der Waals surface area (Å²) in [5.74, 6) is -0.332. The SMILES string of the molecule is [2H]C([2H])([2H])Oc1cc(Nc2cc(NC(C)=O)ncc2-c2ccc(N3C[C@@H](C)O[C@@H](C)C3)cn2)nc(S(C)(=O)=O)c1. The van der Waals surface area contributed by atoms with Crippen molar-refractivity contribution in [2.75, 3.05) is 41.9 Å². The molecule has 2 atom stereocenters. The third-order valence-electron chi connectivity index (χ3n) is 5.55. The Morgan fingerprint density at radius 3 is 2.51 bits per heavy atom. The number of rotatable bonds is 7. The van der Waals surface area contributed by atoms with Gasteiger partial charge in [0.2, 0.25) is 5.91 Å². The van der Waals surface area contributed by atoms with Crippen LogP contribution >= 0.6 is 0 Å². The number of methoxy groups -OCH3 is 1. The molecule has 11 nitrogen and oxygen atoms in total. The number of morpholine rings is 1. The first-order valence-corrected chi connectivity index (χ1v) is 13.4.